The summed E-state index contributed by atoms with van der Waals surface area (Å²) in [5.41, 5.74) is 2.95. The summed E-state index contributed by atoms with van der Waals surface area (Å²) in [5.74, 6) is -0.467. The predicted octanol–water partition coefficient (Wildman–Crippen LogP) is 3.58. The SMILES string of the molecule is COC(=O)c1ccc(NC(=O)N2CCN(S(=O)(=O)c3ccc(OC)cc3)C(C(=O)NC3CCCc4ccccc43)C2)cc1. The Bertz CT molecular complexity index is 1590. The van der Waals surface area contributed by atoms with Crippen LogP contribution >= 0.6 is 0 Å². The Balaban J connectivity index is 1.38. The Morgan fingerprint density at radius 2 is 1.63 bits per heavy atom. The lowest BCUT2D eigenvalue weighted by Crippen LogP contribution is -2.62. The Kier molecular flexibility index (Phi) is 8.97. The number of carbonyl (C=O) groups excluding carboxylic acids is 3. The van der Waals surface area contributed by atoms with E-state index in [0.717, 1.165) is 30.4 Å². The number of carbonyl (C=O) groups is 3. The quantitative estimate of drug-likeness (QED) is 0.393. The van der Waals surface area contributed by atoms with Crippen molar-refractivity contribution in [3.05, 3.63) is 89.5 Å². The van der Waals surface area contributed by atoms with E-state index in [9.17, 15) is 22.8 Å². The molecule has 0 radical (unpaired) electrons. The van der Waals surface area contributed by atoms with Gasteiger partial charge in [0.15, 0.2) is 0 Å². The highest BCUT2D eigenvalue weighted by Crippen LogP contribution is 2.31. The van der Waals surface area contributed by atoms with Crippen LogP contribution in [0.4, 0.5) is 10.5 Å². The fourth-order valence-corrected chi connectivity index (χ4v) is 7.09. The molecule has 3 aromatic rings. The fraction of sp³-hybridized carbons (Fsp3) is 0.323. The maximum Gasteiger partial charge on any atom is 0.337 e. The normalized spacial score (nSPS) is 18.7. The number of piperazine rings is 1. The number of fused-ring (bicyclic) bond motifs is 1. The first kappa shape index (κ1) is 30.1. The van der Waals surface area contributed by atoms with Crippen molar-refractivity contribution < 1.29 is 32.3 Å². The first-order valence-electron chi connectivity index (χ1n) is 14.0. The third kappa shape index (κ3) is 6.50. The van der Waals surface area contributed by atoms with Crippen molar-refractivity contribution in [3.63, 3.8) is 0 Å². The van der Waals surface area contributed by atoms with Crippen LogP contribution in [-0.4, -0.2) is 75.4 Å². The molecule has 11 nitrogen and oxygen atoms in total. The number of nitrogens with zero attached hydrogens (tertiary/aromatic N) is 2. The molecule has 1 saturated heterocycles. The molecule has 12 heteroatoms. The van der Waals surface area contributed by atoms with Gasteiger partial charge in [-0.1, -0.05) is 24.3 Å². The van der Waals surface area contributed by atoms with Gasteiger partial charge in [-0.25, -0.2) is 18.0 Å². The molecule has 43 heavy (non-hydrogen) atoms. The Morgan fingerprint density at radius 1 is 0.907 bits per heavy atom. The van der Waals surface area contributed by atoms with Crippen LogP contribution in [0.25, 0.3) is 0 Å². The molecule has 1 aliphatic carbocycles. The van der Waals surface area contributed by atoms with Gasteiger partial charge in [0.05, 0.1) is 30.7 Å². The van der Waals surface area contributed by atoms with Crippen LogP contribution in [0.1, 0.15) is 40.4 Å². The maximum atomic E-state index is 13.9. The fourth-order valence-electron chi connectivity index (χ4n) is 5.52. The van der Waals surface area contributed by atoms with Crippen LogP contribution in [0.3, 0.4) is 0 Å². The molecule has 0 bridgehead atoms. The van der Waals surface area contributed by atoms with E-state index >= 15 is 0 Å². The van der Waals surface area contributed by atoms with Crippen molar-refractivity contribution in [2.24, 2.45) is 0 Å². The molecule has 3 aromatic carbocycles. The van der Waals surface area contributed by atoms with E-state index in [1.54, 1.807) is 24.3 Å². The summed E-state index contributed by atoms with van der Waals surface area (Å²) >= 11 is 0. The van der Waals surface area contributed by atoms with Gasteiger partial charge in [0.25, 0.3) is 0 Å². The number of hydrogen-bond donors (Lipinski definition) is 2. The second-order valence-electron chi connectivity index (χ2n) is 10.4. The molecule has 0 saturated carbocycles. The summed E-state index contributed by atoms with van der Waals surface area (Å²) in [7, 11) is -1.32. The van der Waals surface area contributed by atoms with Crippen LogP contribution in [0, 0.1) is 0 Å². The zero-order valence-corrected chi connectivity index (χ0v) is 24.8. The number of esters is 1. The number of sulfonamides is 1. The summed E-state index contributed by atoms with van der Waals surface area (Å²) in [6.45, 7) is -0.165. The second kappa shape index (κ2) is 12.8. The maximum absolute atomic E-state index is 13.9. The molecule has 1 aliphatic heterocycles. The van der Waals surface area contributed by atoms with E-state index in [-0.39, 0.29) is 30.6 Å². The summed E-state index contributed by atoms with van der Waals surface area (Å²) < 4.78 is 38.7. The third-order valence-electron chi connectivity index (χ3n) is 7.83. The molecule has 3 amide bonds. The molecule has 1 fully saturated rings. The number of anilines is 1. The Hall–Kier alpha value is -4.42. The van der Waals surface area contributed by atoms with Gasteiger partial charge in [0.2, 0.25) is 15.9 Å². The van der Waals surface area contributed by atoms with Crippen molar-refractivity contribution in [1.29, 1.82) is 0 Å². The van der Waals surface area contributed by atoms with Crippen molar-refractivity contribution in [3.8, 4) is 5.75 Å². The van der Waals surface area contributed by atoms with E-state index in [2.05, 4.69) is 10.6 Å². The summed E-state index contributed by atoms with van der Waals surface area (Å²) in [5, 5.41) is 5.85. The average Bonchev–Trinajstić information content (AvgIpc) is 3.04. The zero-order chi connectivity index (χ0) is 30.6. The molecular weight excluding hydrogens is 572 g/mol. The minimum absolute atomic E-state index is 0.0257. The van der Waals surface area contributed by atoms with E-state index in [1.807, 2.05) is 24.3 Å². The van der Waals surface area contributed by atoms with Crippen molar-refractivity contribution in [1.82, 2.24) is 14.5 Å². The average molecular weight is 607 g/mol. The number of ether oxygens (including phenoxy) is 2. The number of aryl methyl sites for hydroxylation is 1. The molecule has 2 aliphatic rings. The van der Waals surface area contributed by atoms with Crippen LogP contribution in [0.2, 0.25) is 0 Å². The van der Waals surface area contributed by atoms with E-state index < -0.39 is 34.0 Å². The van der Waals surface area contributed by atoms with Gasteiger partial charge in [0, 0.05) is 25.3 Å². The second-order valence-corrected chi connectivity index (χ2v) is 12.3. The highest BCUT2D eigenvalue weighted by molar-refractivity contribution is 7.89. The van der Waals surface area contributed by atoms with Crippen LogP contribution < -0.4 is 15.4 Å². The first-order chi connectivity index (χ1) is 20.7. The lowest BCUT2D eigenvalue weighted by Gasteiger charge is -2.40. The number of methoxy groups -OCH3 is 2. The smallest absolute Gasteiger partial charge is 0.337 e. The number of rotatable bonds is 7. The molecule has 2 atom stereocenters. The van der Waals surface area contributed by atoms with Gasteiger partial charge in [-0.2, -0.15) is 4.31 Å². The van der Waals surface area contributed by atoms with Crippen LogP contribution in [0.5, 0.6) is 5.75 Å². The minimum Gasteiger partial charge on any atom is -0.497 e. The topological polar surface area (TPSA) is 134 Å². The van der Waals surface area contributed by atoms with Gasteiger partial charge >= 0.3 is 12.0 Å². The Labute approximate surface area is 250 Å². The molecule has 2 N–H and O–H groups in total. The van der Waals surface area contributed by atoms with Gasteiger partial charge in [-0.15, -0.1) is 0 Å². The lowest BCUT2D eigenvalue weighted by molar-refractivity contribution is -0.127. The van der Waals surface area contributed by atoms with Gasteiger partial charge < -0.3 is 25.0 Å². The molecule has 2 unspecified atom stereocenters. The summed E-state index contributed by atoms with van der Waals surface area (Å²) in [6.07, 6.45) is 2.54. The first-order valence-corrected chi connectivity index (χ1v) is 15.4. The molecule has 226 valence electrons. The van der Waals surface area contributed by atoms with Crippen LogP contribution in [0.15, 0.2) is 77.7 Å². The third-order valence-corrected chi connectivity index (χ3v) is 9.75. The van der Waals surface area contributed by atoms with Gasteiger partial charge in [-0.3, -0.25) is 4.79 Å². The van der Waals surface area contributed by atoms with Gasteiger partial charge in [0.1, 0.15) is 11.8 Å². The molecular formula is C31H34N4O7S. The number of hydrogen-bond acceptors (Lipinski definition) is 7. The van der Waals surface area contributed by atoms with Crippen molar-refractivity contribution >= 4 is 33.6 Å². The number of urea groups is 1. The molecule has 5 rings (SSSR count). The number of amides is 3. The standard InChI is InChI=1S/C31H34N4O7S/c1-41-24-14-16-25(17-15-24)43(39,40)35-19-18-34(31(38)32-23-12-10-22(11-13-23)30(37)42-2)20-28(35)29(36)33-27-9-5-7-21-6-3-4-8-26(21)27/h3-4,6,8,10-17,27-28H,5,7,9,18-20H2,1-2H3,(H,32,38)(H,33,36). The predicted molar refractivity (Wildman–Crippen MR) is 159 cm³/mol. The zero-order valence-electron chi connectivity index (χ0n) is 24.0. The largest absolute Gasteiger partial charge is 0.497 e. The lowest BCUT2D eigenvalue weighted by atomic mass is 9.87. The highest BCUT2D eigenvalue weighted by atomic mass is 32.2. The van der Waals surface area contributed by atoms with E-state index in [0.29, 0.717) is 17.0 Å². The molecule has 1 heterocycles. The number of benzene rings is 3. The van der Waals surface area contributed by atoms with Crippen LogP contribution in [-0.2, 0) is 26.0 Å². The van der Waals surface area contributed by atoms with E-state index in [1.165, 1.54) is 47.7 Å². The number of nitrogens with one attached hydrogen (secondary N) is 2. The summed E-state index contributed by atoms with van der Waals surface area (Å²) in [4.78, 5) is 40.3. The Morgan fingerprint density at radius 3 is 2.33 bits per heavy atom. The van der Waals surface area contributed by atoms with Crippen molar-refractivity contribution in [2.45, 2.75) is 36.2 Å². The minimum atomic E-state index is -4.09. The van der Waals surface area contributed by atoms with E-state index in [4.69, 9.17) is 9.47 Å². The van der Waals surface area contributed by atoms with Gasteiger partial charge in [-0.05, 0) is 78.9 Å². The summed E-state index contributed by atoms with van der Waals surface area (Å²) in [6, 6.07) is 18.2. The highest BCUT2D eigenvalue weighted by Gasteiger charge is 2.42. The molecule has 0 spiro atoms. The molecule has 0 aromatic heterocycles. The monoisotopic (exact) mass is 606 g/mol. The van der Waals surface area contributed by atoms with Crippen molar-refractivity contribution in [2.75, 3.05) is 39.2 Å².